The molecule has 0 saturated heterocycles. The van der Waals surface area contributed by atoms with Crippen LogP contribution in [0.1, 0.15) is 25.1 Å². The van der Waals surface area contributed by atoms with Gasteiger partial charge in [-0.3, -0.25) is 0 Å². The van der Waals surface area contributed by atoms with Crippen LogP contribution in [0.5, 0.6) is 0 Å². The number of hydrogen-bond acceptors (Lipinski definition) is 7. The highest BCUT2D eigenvalue weighted by Gasteiger charge is 2.23. The Hall–Kier alpha value is -1.30. The summed E-state index contributed by atoms with van der Waals surface area (Å²) in [6.45, 7) is 5.63. The molecule has 0 radical (unpaired) electrons. The Labute approximate surface area is 130 Å². The molecule has 0 aromatic carbocycles. The Morgan fingerprint density at radius 3 is 2.62 bits per heavy atom. The lowest BCUT2D eigenvalue weighted by Gasteiger charge is -2.23. The van der Waals surface area contributed by atoms with Gasteiger partial charge in [-0.2, -0.15) is 5.26 Å². The van der Waals surface area contributed by atoms with Gasteiger partial charge in [0.15, 0.2) is 9.84 Å². The molecule has 21 heavy (non-hydrogen) atoms. The molecular weight excluding hydrogens is 308 g/mol. The molecule has 1 rings (SSSR count). The number of anilines is 2. The summed E-state index contributed by atoms with van der Waals surface area (Å²) >= 11 is 1.08. The van der Waals surface area contributed by atoms with Crippen molar-refractivity contribution in [2.24, 2.45) is 0 Å². The van der Waals surface area contributed by atoms with E-state index in [-0.39, 0.29) is 15.5 Å². The van der Waals surface area contributed by atoms with E-state index in [0.717, 1.165) is 30.6 Å². The number of hydrogen-bond donors (Lipinski definition) is 2. The molecule has 0 amide bonds. The van der Waals surface area contributed by atoms with Gasteiger partial charge in [-0.05, 0) is 20.4 Å². The van der Waals surface area contributed by atoms with Gasteiger partial charge in [0.25, 0.3) is 0 Å². The van der Waals surface area contributed by atoms with E-state index in [1.54, 1.807) is 0 Å². The fraction of sp³-hybridized carbons (Fsp3) is 0.615. The number of thiophene rings is 1. The minimum atomic E-state index is -3.47. The number of rotatable bonds is 7. The van der Waals surface area contributed by atoms with Crippen molar-refractivity contribution >= 4 is 31.9 Å². The largest absolute Gasteiger partial charge is 0.396 e. The molecule has 1 aromatic rings. The number of nitrogens with zero attached hydrogens (tertiary/aromatic N) is 2. The van der Waals surface area contributed by atoms with Crippen molar-refractivity contribution in [3.05, 3.63) is 4.88 Å². The van der Waals surface area contributed by atoms with Crippen molar-refractivity contribution in [2.45, 2.75) is 31.2 Å². The highest BCUT2D eigenvalue weighted by molar-refractivity contribution is 7.91. The van der Waals surface area contributed by atoms with E-state index in [2.05, 4.69) is 24.1 Å². The fourth-order valence-corrected chi connectivity index (χ4v) is 4.27. The maximum atomic E-state index is 11.8. The van der Waals surface area contributed by atoms with E-state index in [9.17, 15) is 8.42 Å². The summed E-state index contributed by atoms with van der Waals surface area (Å²) in [4.78, 5) is 2.46. The van der Waals surface area contributed by atoms with Crippen molar-refractivity contribution in [3.63, 3.8) is 0 Å². The van der Waals surface area contributed by atoms with E-state index in [4.69, 9.17) is 11.0 Å². The first-order chi connectivity index (χ1) is 9.72. The van der Waals surface area contributed by atoms with Crippen molar-refractivity contribution in [1.82, 2.24) is 4.90 Å². The second-order valence-corrected chi connectivity index (χ2v) is 8.02. The van der Waals surface area contributed by atoms with Crippen LogP contribution >= 0.6 is 11.3 Å². The van der Waals surface area contributed by atoms with Crippen LogP contribution in [-0.2, 0) is 9.84 Å². The second kappa shape index (κ2) is 7.11. The fourth-order valence-electron chi connectivity index (χ4n) is 1.87. The number of sulfone groups is 1. The molecule has 3 N–H and O–H groups in total. The molecule has 0 aliphatic heterocycles. The first-order valence-corrected chi connectivity index (χ1v) is 9.39. The normalized spacial score (nSPS) is 13.1. The molecule has 8 heteroatoms. The minimum absolute atomic E-state index is 0.0373. The zero-order valence-corrected chi connectivity index (χ0v) is 14.4. The maximum Gasteiger partial charge on any atom is 0.180 e. The molecule has 0 saturated carbocycles. The van der Waals surface area contributed by atoms with Crippen LogP contribution in [0.3, 0.4) is 0 Å². The van der Waals surface area contributed by atoms with Crippen molar-refractivity contribution in [2.75, 3.05) is 37.4 Å². The molecule has 0 fully saturated rings. The molecule has 0 spiro atoms. The Balaban J connectivity index is 2.88. The predicted molar refractivity (Wildman–Crippen MR) is 87.4 cm³/mol. The molecule has 1 heterocycles. The lowest BCUT2D eigenvalue weighted by molar-refractivity contribution is 0.261. The Morgan fingerprint density at radius 2 is 2.14 bits per heavy atom. The average Bonchev–Trinajstić information content (AvgIpc) is 2.73. The van der Waals surface area contributed by atoms with Gasteiger partial charge in [0.05, 0.1) is 5.69 Å². The smallest absolute Gasteiger partial charge is 0.180 e. The average molecular weight is 330 g/mol. The zero-order chi connectivity index (χ0) is 16.2. The lowest BCUT2D eigenvalue weighted by Crippen LogP contribution is -2.32. The van der Waals surface area contributed by atoms with Gasteiger partial charge >= 0.3 is 0 Å². The molecule has 0 aliphatic rings. The quantitative estimate of drug-likeness (QED) is 0.790. The first-order valence-electron chi connectivity index (χ1n) is 6.68. The highest BCUT2D eigenvalue weighted by atomic mass is 32.2. The van der Waals surface area contributed by atoms with Gasteiger partial charge in [0.1, 0.15) is 20.8 Å². The van der Waals surface area contributed by atoms with E-state index >= 15 is 0 Å². The standard InChI is InChI=1S/C13H22N4O2S2/c1-5-9(2)17(3)7-6-16-13-12(21(4,18)19)11(15)10(8-14)20-13/h9,16H,5-7,15H2,1-4H3. The monoisotopic (exact) mass is 330 g/mol. The zero-order valence-electron chi connectivity index (χ0n) is 12.8. The van der Waals surface area contributed by atoms with E-state index < -0.39 is 9.84 Å². The van der Waals surface area contributed by atoms with E-state index in [1.807, 2.05) is 13.1 Å². The van der Waals surface area contributed by atoms with E-state index in [0.29, 0.717) is 17.6 Å². The van der Waals surface area contributed by atoms with Gasteiger partial charge in [-0.1, -0.05) is 6.92 Å². The van der Waals surface area contributed by atoms with Crippen LogP contribution in [-0.4, -0.2) is 45.8 Å². The molecule has 1 unspecified atom stereocenters. The van der Waals surface area contributed by atoms with Gasteiger partial charge in [-0.15, -0.1) is 11.3 Å². The summed E-state index contributed by atoms with van der Waals surface area (Å²) in [7, 11) is -1.44. The SMILES string of the molecule is CCC(C)N(C)CCNc1sc(C#N)c(N)c1S(C)(=O)=O. The van der Waals surface area contributed by atoms with Crippen molar-refractivity contribution < 1.29 is 8.42 Å². The van der Waals surface area contributed by atoms with Gasteiger partial charge in [-0.25, -0.2) is 8.42 Å². The van der Waals surface area contributed by atoms with E-state index in [1.165, 1.54) is 0 Å². The topological polar surface area (TPSA) is 99.2 Å². The van der Waals surface area contributed by atoms with Gasteiger partial charge < -0.3 is 16.0 Å². The first kappa shape index (κ1) is 17.8. The van der Waals surface area contributed by atoms with Crippen LogP contribution in [0.4, 0.5) is 10.7 Å². The summed E-state index contributed by atoms with van der Waals surface area (Å²) in [5, 5.41) is 12.5. The maximum absolute atomic E-state index is 11.8. The van der Waals surface area contributed by atoms with Crippen LogP contribution in [0.25, 0.3) is 0 Å². The van der Waals surface area contributed by atoms with Gasteiger partial charge in [0, 0.05) is 25.4 Å². The summed E-state index contributed by atoms with van der Waals surface area (Å²) in [6, 6.07) is 2.40. The molecule has 1 aromatic heterocycles. The Kier molecular flexibility index (Phi) is 6.01. The highest BCUT2D eigenvalue weighted by Crippen LogP contribution is 2.38. The van der Waals surface area contributed by atoms with Crippen LogP contribution in [0, 0.1) is 11.3 Å². The third-order valence-electron chi connectivity index (χ3n) is 3.47. The summed E-state index contributed by atoms with van der Waals surface area (Å²) in [5.41, 5.74) is 5.80. The summed E-state index contributed by atoms with van der Waals surface area (Å²) < 4.78 is 23.6. The molecule has 118 valence electrons. The number of likely N-dealkylation sites (N-methyl/N-ethyl adjacent to an activating group) is 1. The van der Waals surface area contributed by atoms with Crippen LogP contribution < -0.4 is 11.1 Å². The Bertz CT molecular complexity index is 631. The number of nitriles is 1. The number of nitrogen functional groups attached to an aromatic ring is 1. The summed E-state index contributed by atoms with van der Waals surface area (Å²) in [6.07, 6.45) is 2.15. The predicted octanol–water partition coefficient (Wildman–Crippen LogP) is 1.75. The second-order valence-electron chi connectivity index (χ2n) is 5.05. The van der Waals surface area contributed by atoms with Crippen LogP contribution in [0.15, 0.2) is 4.90 Å². The van der Waals surface area contributed by atoms with Crippen LogP contribution in [0.2, 0.25) is 0 Å². The minimum Gasteiger partial charge on any atom is -0.396 e. The molecule has 0 aliphatic carbocycles. The van der Waals surface area contributed by atoms with Crippen molar-refractivity contribution in [3.8, 4) is 6.07 Å². The molecular formula is C13H22N4O2S2. The summed E-state index contributed by atoms with van der Waals surface area (Å²) in [5.74, 6) is 0. The third-order valence-corrected chi connectivity index (χ3v) is 5.83. The number of nitrogens with two attached hydrogens (primary N) is 1. The molecule has 6 nitrogen and oxygen atoms in total. The van der Waals surface area contributed by atoms with Crippen molar-refractivity contribution in [1.29, 1.82) is 5.26 Å². The third kappa shape index (κ3) is 4.33. The van der Waals surface area contributed by atoms with Gasteiger partial charge in [0.2, 0.25) is 0 Å². The molecule has 1 atom stereocenters. The molecule has 0 bridgehead atoms. The Morgan fingerprint density at radius 1 is 1.52 bits per heavy atom. The number of nitrogens with one attached hydrogen (secondary N) is 1. The lowest BCUT2D eigenvalue weighted by atomic mass is 10.2.